The summed E-state index contributed by atoms with van der Waals surface area (Å²) >= 11 is 1.54. The molecule has 0 aliphatic carbocycles. The van der Waals surface area contributed by atoms with Crippen molar-refractivity contribution in [1.29, 1.82) is 0 Å². The van der Waals surface area contributed by atoms with Crippen LogP contribution in [0.1, 0.15) is 13.3 Å². The summed E-state index contributed by atoms with van der Waals surface area (Å²) in [4.78, 5) is 16.0. The van der Waals surface area contributed by atoms with Crippen molar-refractivity contribution in [3.63, 3.8) is 0 Å². The molecule has 0 unspecified atom stereocenters. The molecule has 2 N–H and O–H groups in total. The van der Waals surface area contributed by atoms with E-state index >= 15 is 0 Å². The van der Waals surface area contributed by atoms with Crippen molar-refractivity contribution < 1.29 is 9.53 Å². The van der Waals surface area contributed by atoms with Crippen molar-refractivity contribution in [2.75, 3.05) is 24.8 Å². The third-order valence-corrected chi connectivity index (χ3v) is 3.67. The number of amides is 1. The fraction of sp³-hybridized carbons (Fsp3) is 0.286. The lowest BCUT2D eigenvalue weighted by Gasteiger charge is -2.10. The summed E-state index contributed by atoms with van der Waals surface area (Å²) < 4.78 is 5.26. The van der Waals surface area contributed by atoms with Gasteiger partial charge in [-0.3, -0.25) is 4.79 Å². The lowest BCUT2D eigenvalue weighted by atomic mass is 10.1. The van der Waals surface area contributed by atoms with E-state index in [1.54, 1.807) is 7.11 Å². The van der Waals surface area contributed by atoms with Crippen LogP contribution in [0.5, 0.6) is 5.75 Å². The van der Waals surface area contributed by atoms with Gasteiger partial charge >= 0.3 is 0 Å². The largest absolute Gasteiger partial charge is 0.495 e. The lowest BCUT2D eigenvalue weighted by molar-refractivity contribution is -0.115. The van der Waals surface area contributed by atoms with Crippen molar-refractivity contribution in [2.24, 2.45) is 0 Å². The number of ether oxygens (including phenoxy) is 1. The second kappa shape index (κ2) is 6.38. The number of benzene rings is 1. The number of hydrogen-bond acceptors (Lipinski definition) is 5. The van der Waals surface area contributed by atoms with Crippen LogP contribution in [0.4, 0.5) is 10.8 Å². The van der Waals surface area contributed by atoms with E-state index in [1.807, 2.05) is 37.6 Å². The Morgan fingerprint density at radius 1 is 1.45 bits per heavy atom. The number of carbonyl (C=O) groups is 1. The molecule has 20 heavy (non-hydrogen) atoms. The van der Waals surface area contributed by atoms with E-state index in [2.05, 4.69) is 15.6 Å². The summed E-state index contributed by atoms with van der Waals surface area (Å²) in [7, 11) is 3.42. The molecule has 2 rings (SSSR count). The zero-order chi connectivity index (χ0) is 14.5. The van der Waals surface area contributed by atoms with Crippen molar-refractivity contribution in [3.05, 3.63) is 23.6 Å². The van der Waals surface area contributed by atoms with Crippen LogP contribution in [-0.2, 0) is 4.79 Å². The topological polar surface area (TPSA) is 63.2 Å². The maximum Gasteiger partial charge on any atom is 0.224 e. The molecule has 0 radical (unpaired) electrons. The third-order valence-electron chi connectivity index (χ3n) is 2.81. The summed E-state index contributed by atoms with van der Waals surface area (Å²) in [6, 6.07) is 5.63. The molecular weight excluding hydrogens is 274 g/mol. The zero-order valence-corrected chi connectivity index (χ0v) is 12.5. The molecule has 1 amide bonds. The van der Waals surface area contributed by atoms with Gasteiger partial charge in [0.25, 0.3) is 0 Å². The van der Waals surface area contributed by atoms with Gasteiger partial charge in [-0.05, 0) is 18.2 Å². The Balaban J connectivity index is 2.35. The molecule has 2 aromatic rings. The van der Waals surface area contributed by atoms with Gasteiger partial charge in [0.05, 0.1) is 18.5 Å². The molecule has 0 saturated heterocycles. The Labute approximate surface area is 122 Å². The quantitative estimate of drug-likeness (QED) is 0.888. The first-order valence-electron chi connectivity index (χ1n) is 6.29. The van der Waals surface area contributed by atoms with Crippen molar-refractivity contribution >= 4 is 28.1 Å². The first-order valence-corrected chi connectivity index (χ1v) is 7.17. The minimum atomic E-state index is -0.0466. The second-order valence-electron chi connectivity index (χ2n) is 4.10. The maximum atomic E-state index is 11.6. The second-order valence-corrected chi connectivity index (χ2v) is 4.96. The van der Waals surface area contributed by atoms with Gasteiger partial charge in [-0.1, -0.05) is 6.92 Å². The Morgan fingerprint density at radius 2 is 2.25 bits per heavy atom. The molecule has 106 valence electrons. The molecule has 1 aromatic carbocycles. The van der Waals surface area contributed by atoms with E-state index in [4.69, 9.17) is 4.74 Å². The molecule has 1 heterocycles. The number of methoxy groups -OCH3 is 1. The van der Waals surface area contributed by atoms with Crippen molar-refractivity contribution in [2.45, 2.75) is 13.3 Å². The summed E-state index contributed by atoms with van der Waals surface area (Å²) in [6.07, 6.45) is 0.425. The van der Waals surface area contributed by atoms with Crippen molar-refractivity contribution in [1.82, 2.24) is 4.98 Å². The van der Waals surface area contributed by atoms with Gasteiger partial charge in [-0.25, -0.2) is 4.98 Å². The molecule has 0 aliphatic rings. The van der Waals surface area contributed by atoms with Crippen LogP contribution in [0.3, 0.4) is 0 Å². The zero-order valence-electron chi connectivity index (χ0n) is 11.7. The highest BCUT2D eigenvalue weighted by Gasteiger charge is 2.10. The lowest BCUT2D eigenvalue weighted by Crippen LogP contribution is -2.10. The SMILES string of the molecule is CCC(=O)Nc1cc(-c2csc(NC)n2)ccc1OC. The highest BCUT2D eigenvalue weighted by Crippen LogP contribution is 2.32. The first kappa shape index (κ1) is 14.3. The predicted octanol–water partition coefficient (Wildman–Crippen LogP) is 3.21. The van der Waals surface area contributed by atoms with Crippen LogP contribution in [0, 0.1) is 0 Å². The summed E-state index contributed by atoms with van der Waals surface area (Å²) in [5.41, 5.74) is 2.47. The summed E-state index contributed by atoms with van der Waals surface area (Å²) in [5.74, 6) is 0.592. The summed E-state index contributed by atoms with van der Waals surface area (Å²) in [6.45, 7) is 1.81. The molecule has 0 fully saturated rings. The molecule has 0 aliphatic heterocycles. The first-order chi connectivity index (χ1) is 9.67. The van der Waals surface area contributed by atoms with Gasteiger partial charge in [0.15, 0.2) is 5.13 Å². The van der Waals surface area contributed by atoms with Gasteiger partial charge in [0, 0.05) is 24.4 Å². The molecule has 0 bridgehead atoms. The highest BCUT2D eigenvalue weighted by atomic mass is 32.1. The number of thiazole rings is 1. The number of carbonyl (C=O) groups excluding carboxylic acids is 1. The van der Waals surface area contributed by atoms with Crippen molar-refractivity contribution in [3.8, 4) is 17.0 Å². The average Bonchev–Trinajstić information content (AvgIpc) is 2.96. The number of anilines is 2. The standard InChI is InChI=1S/C14H17N3O2S/c1-4-13(18)16-10-7-9(5-6-12(10)19-3)11-8-20-14(15-2)17-11/h5-8H,4H2,1-3H3,(H,15,17)(H,16,18). The third kappa shape index (κ3) is 3.08. The van der Waals surface area contributed by atoms with E-state index in [-0.39, 0.29) is 5.91 Å². The van der Waals surface area contributed by atoms with Crippen LogP contribution >= 0.6 is 11.3 Å². The van der Waals surface area contributed by atoms with E-state index < -0.39 is 0 Å². The van der Waals surface area contributed by atoms with E-state index in [1.165, 1.54) is 11.3 Å². The number of rotatable bonds is 5. The van der Waals surface area contributed by atoms with E-state index in [0.717, 1.165) is 16.4 Å². The fourth-order valence-corrected chi connectivity index (χ4v) is 2.41. The summed E-state index contributed by atoms with van der Waals surface area (Å²) in [5, 5.41) is 8.67. The molecule has 5 nitrogen and oxygen atoms in total. The van der Waals surface area contributed by atoms with E-state index in [9.17, 15) is 4.79 Å². The Kier molecular flexibility index (Phi) is 4.57. The highest BCUT2D eigenvalue weighted by molar-refractivity contribution is 7.14. The van der Waals surface area contributed by atoms with Gasteiger partial charge in [-0.15, -0.1) is 11.3 Å². The molecule has 0 saturated carbocycles. The van der Waals surface area contributed by atoms with Gasteiger partial charge in [0.2, 0.25) is 5.91 Å². The average molecular weight is 291 g/mol. The van der Waals surface area contributed by atoms with Crippen LogP contribution in [0.25, 0.3) is 11.3 Å². The number of nitrogens with one attached hydrogen (secondary N) is 2. The van der Waals surface area contributed by atoms with Gasteiger partial charge in [0.1, 0.15) is 5.75 Å². The Morgan fingerprint density at radius 3 is 2.85 bits per heavy atom. The fourth-order valence-electron chi connectivity index (χ4n) is 1.72. The minimum absolute atomic E-state index is 0.0466. The maximum absolute atomic E-state index is 11.6. The smallest absolute Gasteiger partial charge is 0.224 e. The normalized spacial score (nSPS) is 10.2. The van der Waals surface area contributed by atoms with Crippen LogP contribution in [-0.4, -0.2) is 25.0 Å². The predicted molar refractivity (Wildman–Crippen MR) is 82.6 cm³/mol. The van der Waals surface area contributed by atoms with Gasteiger partial charge in [-0.2, -0.15) is 0 Å². The Bertz CT molecular complexity index is 610. The number of aromatic nitrogens is 1. The monoisotopic (exact) mass is 291 g/mol. The van der Waals surface area contributed by atoms with Crippen LogP contribution < -0.4 is 15.4 Å². The molecule has 0 spiro atoms. The molecule has 0 atom stereocenters. The minimum Gasteiger partial charge on any atom is -0.495 e. The van der Waals surface area contributed by atoms with Gasteiger partial charge < -0.3 is 15.4 Å². The molecule has 1 aromatic heterocycles. The van der Waals surface area contributed by atoms with E-state index in [0.29, 0.717) is 17.9 Å². The molecule has 6 heteroatoms. The van der Waals surface area contributed by atoms with Crippen LogP contribution in [0.15, 0.2) is 23.6 Å². The Hall–Kier alpha value is -2.08. The number of hydrogen-bond donors (Lipinski definition) is 2. The van der Waals surface area contributed by atoms with Crippen LogP contribution in [0.2, 0.25) is 0 Å². The number of nitrogens with zero attached hydrogens (tertiary/aromatic N) is 1. The molecular formula is C14H17N3O2S.